The number of rotatable bonds is 3. The van der Waals surface area contributed by atoms with E-state index in [4.69, 9.17) is 5.73 Å². The maximum absolute atomic E-state index is 13.8. The number of alkyl halides is 5. The minimum atomic E-state index is -4.51. The van der Waals surface area contributed by atoms with Crippen molar-refractivity contribution in [2.75, 3.05) is 0 Å². The summed E-state index contributed by atoms with van der Waals surface area (Å²) in [6.45, 7) is 0. The molecule has 0 saturated heterocycles. The number of halogens is 5. The summed E-state index contributed by atoms with van der Waals surface area (Å²) in [6, 6.07) is 2.96. The van der Waals surface area contributed by atoms with Gasteiger partial charge in [-0.15, -0.1) is 0 Å². The molecule has 1 aromatic rings. The maximum Gasteiger partial charge on any atom is 0.416 e. The molecule has 0 bridgehead atoms. The molecular formula is C12H12F5N. The van der Waals surface area contributed by atoms with E-state index in [2.05, 4.69) is 0 Å². The first kappa shape index (κ1) is 13.3. The predicted molar refractivity (Wildman–Crippen MR) is 56.1 cm³/mol. The van der Waals surface area contributed by atoms with Crippen molar-refractivity contribution in [3.05, 3.63) is 35.4 Å². The third-order valence-electron chi connectivity index (χ3n) is 3.10. The molecule has 0 spiro atoms. The summed E-state index contributed by atoms with van der Waals surface area (Å²) in [5, 5.41) is 0. The van der Waals surface area contributed by atoms with Crippen molar-refractivity contribution in [2.45, 2.75) is 36.9 Å². The minimum Gasteiger partial charge on any atom is -0.325 e. The van der Waals surface area contributed by atoms with Crippen molar-refractivity contribution in [1.82, 2.24) is 0 Å². The van der Waals surface area contributed by atoms with Gasteiger partial charge in [-0.05, 0) is 25.0 Å². The lowest BCUT2D eigenvalue weighted by atomic mass is 9.99. The Bertz CT molecular complexity index is 431. The van der Waals surface area contributed by atoms with E-state index in [9.17, 15) is 22.0 Å². The van der Waals surface area contributed by atoms with Crippen LogP contribution in [0.5, 0.6) is 0 Å². The third-order valence-corrected chi connectivity index (χ3v) is 3.10. The molecule has 0 radical (unpaired) electrons. The zero-order valence-corrected chi connectivity index (χ0v) is 9.40. The standard InChI is InChI=1S/C12H12F5N/c13-11(14,7-10(18)5-6-10)8-1-3-9(4-2-8)12(15,16)17/h1-4H,5-7,18H2. The number of benzene rings is 1. The molecule has 2 rings (SSSR count). The first-order valence-corrected chi connectivity index (χ1v) is 5.47. The molecule has 2 N–H and O–H groups in total. The first-order chi connectivity index (χ1) is 8.12. The Morgan fingerprint density at radius 1 is 0.944 bits per heavy atom. The lowest BCUT2D eigenvalue weighted by Crippen LogP contribution is -2.30. The molecule has 0 aromatic heterocycles. The molecule has 1 aliphatic carbocycles. The van der Waals surface area contributed by atoms with Crippen molar-refractivity contribution in [3.63, 3.8) is 0 Å². The zero-order chi connectivity index (χ0) is 13.6. The van der Waals surface area contributed by atoms with Crippen molar-refractivity contribution in [1.29, 1.82) is 0 Å². The van der Waals surface area contributed by atoms with Crippen LogP contribution in [0.25, 0.3) is 0 Å². The lowest BCUT2D eigenvalue weighted by molar-refractivity contribution is -0.137. The van der Waals surface area contributed by atoms with Gasteiger partial charge in [0.15, 0.2) is 0 Å². The van der Waals surface area contributed by atoms with Crippen molar-refractivity contribution >= 4 is 0 Å². The third kappa shape index (κ3) is 2.80. The highest BCUT2D eigenvalue weighted by Crippen LogP contribution is 2.45. The van der Waals surface area contributed by atoms with Gasteiger partial charge in [0.2, 0.25) is 0 Å². The summed E-state index contributed by atoms with van der Waals surface area (Å²) in [5.41, 5.74) is 3.40. The van der Waals surface area contributed by atoms with Gasteiger partial charge < -0.3 is 5.73 Å². The van der Waals surface area contributed by atoms with Crippen LogP contribution >= 0.6 is 0 Å². The molecular weight excluding hydrogens is 253 g/mol. The Balaban J connectivity index is 2.18. The highest BCUT2D eigenvalue weighted by Gasteiger charge is 2.48. The van der Waals surface area contributed by atoms with Gasteiger partial charge in [0, 0.05) is 17.5 Å². The van der Waals surface area contributed by atoms with Gasteiger partial charge in [0.05, 0.1) is 5.56 Å². The fourth-order valence-electron chi connectivity index (χ4n) is 1.78. The molecule has 100 valence electrons. The normalized spacial score (nSPS) is 18.8. The second kappa shape index (κ2) is 3.91. The number of hydrogen-bond donors (Lipinski definition) is 1. The van der Waals surface area contributed by atoms with Crippen LogP contribution in [0, 0.1) is 0 Å². The lowest BCUT2D eigenvalue weighted by Gasteiger charge is -2.21. The fraction of sp³-hybridized carbons (Fsp3) is 0.500. The summed E-state index contributed by atoms with van der Waals surface area (Å²) in [6.07, 6.45) is -3.97. The van der Waals surface area contributed by atoms with Crippen LogP contribution in [0.15, 0.2) is 24.3 Å². The van der Waals surface area contributed by atoms with E-state index in [0.717, 1.165) is 12.1 Å². The summed E-state index contributed by atoms with van der Waals surface area (Å²) < 4.78 is 64.4. The van der Waals surface area contributed by atoms with E-state index >= 15 is 0 Å². The SMILES string of the molecule is NC1(CC(F)(F)c2ccc(C(F)(F)F)cc2)CC1. The van der Waals surface area contributed by atoms with Gasteiger partial charge in [-0.1, -0.05) is 12.1 Å². The van der Waals surface area contributed by atoms with Gasteiger partial charge in [-0.3, -0.25) is 0 Å². The summed E-state index contributed by atoms with van der Waals surface area (Å²) >= 11 is 0. The van der Waals surface area contributed by atoms with Crippen LogP contribution in [-0.2, 0) is 12.1 Å². The fourth-order valence-corrected chi connectivity index (χ4v) is 1.78. The molecule has 0 unspecified atom stereocenters. The average Bonchev–Trinajstić information content (AvgIpc) is 2.94. The molecule has 6 heteroatoms. The van der Waals surface area contributed by atoms with E-state index < -0.39 is 35.2 Å². The van der Waals surface area contributed by atoms with E-state index in [-0.39, 0.29) is 0 Å². The van der Waals surface area contributed by atoms with Gasteiger partial charge in [-0.2, -0.15) is 13.2 Å². The Morgan fingerprint density at radius 3 is 1.78 bits per heavy atom. The van der Waals surface area contributed by atoms with Gasteiger partial charge in [0.1, 0.15) is 0 Å². The molecule has 18 heavy (non-hydrogen) atoms. The molecule has 0 atom stereocenters. The number of hydrogen-bond acceptors (Lipinski definition) is 1. The largest absolute Gasteiger partial charge is 0.416 e. The van der Waals surface area contributed by atoms with Crippen LogP contribution in [-0.4, -0.2) is 5.54 Å². The molecule has 0 heterocycles. The topological polar surface area (TPSA) is 26.0 Å². The maximum atomic E-state index is 13.8. The average molecular weight is 265 g/mol. The zero-order valence-electron chi connectivity index (χ0n) is 9.40. The smallest absolute Gasteiger partial charge is 0.325 e. The Labute approximate surface area is 101 Å². The minimum absolute atomic E-state index is 0.424. The van der Waals surface area contributed by atoms with Gasteiger partial charge in [-0.25, -0.2) is 8.78 Å². The molecule has 1 nitrogen and oxygen atoms in total. The summed E-state index contributed by atoms with van der Waals surface area (Å²) in [7, 11) is 0. The van der Waals surface area contributed by atoms with E-state index in [0.29, 0.717) is 25.0 Å². The van der Waals surface area contributed by atoms with Crippen molar-refractivity contribution in [3.8, 4) is 0 Å². The monoisotopic (exact) mass is 265 g/mol. The Hall–Kier alpha value is -1.17. The van der Waals surface area contributed by atoms with Crippen molar-refractivity contribution < 1.29 is 22.0 Å². The Morgan fingerprint density at radius 2 is 1.39 bits per heavy atom. The second-order valence-corrected chi connectivity index (χ2v) is 4.82. The van der Waals surface area contributed by atoms with Crippen molar-refractivity contribution in [2.24, 2.45) is 5.73 Å². The van der Waals surface area contributed by atoms with E-state index in [1.54, 1.807) is 0 Å². The van der Waals surface area contributed by atoms with Gasteiger partial charge in [0.25, 0.3) is 5.92 Å². The highest BCUT2D eigenvalue weighted by molar-refractivity contribution is 5.28. The van der Waals surface area contributed by atoms with Crippen LogP contribution in [0.2, 0.25) is 0 Å². The van der Waals surface area contributed by atoms with E-state index in [1.807, 2.05) is 0 Å². The molecule has 1 fully saturated rings. The van der Waals surface area contributed by atoms with Crippen LogP contribution in [0.1, 0.15) is 30.4 Å². The second-order valence-electron chi connectivity index (χ2n) is 4.82. The molecule has 0 aliphatic heterocycles. The molecule has 1 saturated carbocycles. The first-order valence-electron chi connectivity index (χ1n) is 5.47. The van der Waals surface area contributed by atoms with E-state index in [1.165, 1.54) is 0 Å². The van der Waals surface area contributed by atoms with Gasteiger partial charge >= 0.3 is 6.18 Å². The number of nitrogens with two attached hydrogens (primary N) is 1. The summed E-state index contributed by atoms with van der Waals surface area (Å²) in [4.78, 5) is 0. The van der Waals surface area contributed by atoms with Crippen LogP contribution in [0.3, 0.4) is 0 Å². The molecule has 1 aliphatic rings. The Kier molecular flexibility index (Phi) is 2.88. The molecule has 1 aromatic carbocycles. The quantitative estimate of drug-likeness (QED) is 0.829. The molecule has 0 amide bonds. The highest BCUT2D eigenvalue weighted by atomic mass is 19.4. The van der Waals surface area contributed by atoms with Crippen LogP contribution < -0.4 is 5.73 Å². The van der Waals surface area contributed by atoms with Crippen LogP contribution in [0.4, 0.5) is 22.0 Å². The predicted octanol–water partition coefficient (Wildman–Crippen LogP) is 3.68. The summed E-state index contributed by atoms with van der Waals surface area (Å²) in [5.74, 6) is -3.19.